The van der Waals surface area contributed by atoms with Crippen LogP contribution < -0.4 is 5.32 Å². The molecule has 0 saturated heterocycles. The summed E-state index contributed by atoms with van der Waals surface area (Å²) >= 11 is 0. The second-order valence-electron chi connectivity index (χ2n) is 7.75. The molecule has 118 valence electrons. The van der Waals surface area contributed by atoms with E-state index in [1.165, 1.54) is 70.8 Å². The molecule has 0 bridgehead atoms. The topological polar surface area (TPSA) is 12.0 Å². The van der Waals surface area contributed by atoms with Crippen molar-refractivity contribution in [1.29, 1.82) is 0 Å². The Morgan fingerprint density at radius 3 is 2.10 bits per heavy atom. The third-order valence-corrected chi connectivity index (χ3v) is 6.51. The SMILES string of the molecule is CCC(CC1CCC1)C(C)C(CCC1CCC1)CNC. The normalized spacial score (nSPS) is 24.8. The van der Waals surface area contributed by atoms with Crippen molar-refractivity contribution in [1.82, 2.24) is 5.32 Å². The summed E-state index contributed by atoms with van der Waals surface area (Å²) in [6.07, 6.45) is 14.9. The lowest BCUT2D eigenvalue weighted by atomic mass is 9.70. The van der Waals surface area contributed by atoms with Crippen molar-refractivity contribution < 1.29 is 0 Å². The van der Waals surface area contributed by atoms with Crippen LogP contribution in [0.5, 0.6) is 0 Å². The van der Waals surface area contributed by atoms with Gasteiger partial charge in [0.2, 0.25) is 0 Å². The van der Waals surface area contributed by atoms with Crippen LogP contribution in [-0.2, 0) is 0 Å². The van der Waals surface area contributed by atoms with Crippen LogP contribution in [0.25, 0.3) is 0 Å². The molecule has 0 radical (unpaired) electrons. The fraction of sp³-hybridized carbons (Fsp3) is 1.00. The van der Waals surface area contributed by atoms with Gasteiger partial charge in [-0.2, -0.15) is 0 Å². The lowest BCUT2D eigenvalue weighted by molar-refractivity contribution is 0.149. The summed E-state index contributed by atoms with van der Waals surface area (Å²) in [7, 11) is 2.13. The van der Waals surface area contributed by atoms with Crippen molar-refractivity contribution >= 4 is 0 Å². The van der Waals surface area contributed by atoms with Crippen LogP contribution in [0.15, 0.2) is 0 Å². The first-order valence-corrected chi connectivity index (χ1v) is 9.39. The molecule has 2 fully saturated rings. The highest BCUT2D eigenvalue weighted by Gasteiger charge is 2.29. The predicted octanol–water partition coefficient (Wildman–Crippen LogP) is 5.25. The molecule has 0 aliphatic heterocycles. The molecule has 20 heavy (non-hydrogen) atoms. The maximum atomic E-state index is 3.47. The van der Waals surface area contributed by atoms with Crippen LogP contribution in [0.4, 0.5) is 0 Å². The average Bonchev–Trinajstić information content (AvgIpc) is 2.34. The van der Waals surface area contributed by atoms with Gasteiger partial charge in [-0.05, 0) is 56.0 Å². The molecule has 2 rings (SSSR count). The van der Waals surface area contributed by atoms with Gasteiger partial charge in [0.05, 0.1) is 0 Å². The van der Waals surface area contributed by atoms with Crippen molar-refractivity contribution in [2.45, 2.75) is 78.1 Å². The summed E-state index contributed by atoms with van der Waals surface area (Å²) in [5, 5.41) is 3.47. The fourth-order valence-electron chi connectivity index (χ4n) is 4.34. The summed E-state index contributed by atoms with van der Waals surface area (Å²) in [4.78, 5) is 0. The molecule has 2 saturated carbocycles. The van der Waals surface area contributed by atoms with E-state index in [9.17, 15) is 0 Å². The Balaban J connectivity index is 1.79. The van der Waals surface area contributed by atoms with Crippen LogP contribution in [0.3, 0.4) is 0 Å². The Hall–Kier alpha value is -0.0400. The monoisotopic (exact) mass is 279 g/mol. The van der Waals surface area contributed by atoms with Gasteiger partial charge >= 0.3 is 0 Å². The van der Waals surface area contributed by atoms with Crippen LogP contribution in [0.1, 0.15) is 78.1 Å². The van der Waals surface area contributed by atoms with Crippen LogP contribution in [-0.4, -0.2) is 13.6 Å². The third-order valence-electron chi connectivity index (χ3n) is 6.51. The molecule has 2 aliphatic carbocycles. The molecule has 1 N–H and O–H groups in total. The molecule has 1 nitrogen and oxygen atoms in total. The first kappa shape index (κ1) is 16.3. The highest BCUT2D eigenvalue weighted by molar-refractivity contribution is 4.81. The van der Waals surface area contributed by atoms with Crippen molar-refractivity contribution in [3.63, 3.8) is 0 Å². The Morgan fingerprint density at radius 1 is 1.00 bits per heavy atom. The minimum Gasteiger partial charge on any atom is -0.319 e. The average molecular weight is 280 g/mol. The van der Waals surface area contributed by atoms with Gasteiger partial charge in [-0.15, -0.1) is 0 Å². The molecule has 0 amide bonds. The number of nitrogens with one attached hydrogen (secondary N) is 1. The molecule has 0 aromatic heterocycles. The highest BCUT2D eigenvalue weighted by atomic mass is 14.8. The number of rotatable bonds is 10. The molecule has 3 atom stereocenters. The minimum absolute atomic E-state index is 0.908. The summed E-state index contributed by atoms with van der Waals surface area (Å²) < 4.78 is 0. The zero-order valence-electron chi connectivity index (χ0n) is 14.2. The second-order valence-corrected chi connectivity index (χ2v) is 7.75. The molecular weight excluding hydrogens is 242 g/mol. The first-order chi connectivity index (χ1) is 9.74. The van der Waals surface area contributed by atoms with E-state index in [4.69, 9.17) is 0 Å². The van der Waals surface area contributed by atoms with Crippen molar-refractivity contribution in [2.24, 2.45) is 29.6 Å². The van der Waals surface area contributed by atoms with E-state index in [1.54, 1.807) is 0 Å². The zero-order valence-corrected chi connectivity index (χ0v) is 14.2. The summed E-state index contributed by atoms with van der Waals surface area (Å²) in [5.74, 6) is 4.94. The first-order valence-electron chi connectivity index (χ1n) is 9.39. The van der Waals surface area contributed by atoms with Crippen LogP contribution >= 0.6 is 0 Å². The van der Waals surface area contributed by atoms with Gasteiger partial charge in [0.15, 0.2) is 0 Å². The molecule has 1 heteroatoms. The van der Waals surface area contributed by atoms with Crippen LogP contribution in [0.2, 0.25) is 0 Å². The van der Waals surface area contributed by atoms with E-state index < -0.39 is 0 Å². The Bertz CT molecular complexity index is 254. The number of hydrogen-bond acceptors (Lipinski definition) is 1. The highest BCUT2D eigenvalue weighted by Crippen LogP contribution is 2.39. The summed E-state index contributed by atoms with van der Waals surface area (Å²) in [5.41, 5.74) is 0. The molecule has 0 aromatic carbocycles. The van der Waals surface area contributed by atoms with Crippen molar-refractivity contribution in [2.75, 3.05) is 13.6 Å². The maximum absolute atomic E-state index is 3.47. The predicted molar refractivity (Wildman–Crippen MR) is 88.9 cm³/mol. The van der Waals surface area contributed by atoms with E-state index in [-0.39, 0.29) is 0 Å². The fourth-order valence-corrected chi connectivity index (χ4v) is 4.34. The maximum Gasteiger partial charge on any atom is -0.00209 e. The van der Waals surface area contributed by atoms with E-state index in [0.717, 1.165) is 29.6 Å². The van der Waals surface area contributed by atoms with Gasteiger partial charge in [0.25, 0.3) is 0 Å². The molecule has 0 aromatic rings. The molecular formula is C19H37N. The van der Waals surface area contributed by atoms with Gasteiger partial charge in [-0.25, -0.2) is 0 Å². The summed E-state index contributed by atoms with van der Waals surface area (Å²) in [6.45, 7) is 6.20. The van der Waals surface area contributed by atoms with Crippen LogP contribution in [0, 0.1) is 29.6 Å². The summed E-state index contributed by atoms with van der Waals surface area (Å²) in [6, 6.07) is 0. The minimum atomic E-state index is 0.908. The van der Waals surface area contributed by atoms with E-state index >= 15 is 0 Å². The second kappa shape index (κ2) is 8.41. The zero-order chi connectivity index (χ0) is 14.4. The van der Waals surface area contributed by atoms with Crippen molar-refractivity contribution in [3.05, 3.63) is 0 Å². The van der Waals surface area contributed by atoms with E-state index in [2.05, 4.69) is 26.2 Å². The molecule has 0 spiro atoms. The number of hydrogen-bond donors (Lipinski definition) is 1. The van der Waals surface area contributed by atoms with Gasteiger partial charge in [0.1, 0.15) is 0 Å². The Labute approximate surface area is 127 Å². The lowest BCUT2D eigenvalue weighted by Crippen LogP contribution is -2.31. The third kappa shape index (κ3) is 4.48. The molecule has 0 heterocycles. The molecule has 2 aliphatic rings. The van der Waals surface area contributed by atoms with Gasteiger partial charge in [0, 0.05) is 0 Å². The quantitative estimate of drug-likeness (QED) is 0.575. The van der Waals surface area contributed by atoms with Gasteiger partial charge < -0.3 is 5.32 Å². The standard InChI is InChI=1S/C19H37N/c1-4-18(13-17-9-6-10-17)15(2)19(14-20-3)12-11-16-7-5-8-16/h15-20H,4-14H2,1-3H3. The van der Waals surface area contributed by atoms with Gasteiger partial charge in [-0.1, -0.05) is 65.2 Å². The smallest absolute Gasteiger partial charge is 0.00209 e. The van der Waals surface area contributed by atoms with E-state index in [1.807, 2.05) is 0 Å². The van der Waals surface area contributed by atoms with E-state index in [0.29, 0.717) is 0 Å². The van der Waals surface area contributed by atoms with Gasteiger partial charge in [-0.3, -0.25) is 0 Å². The Morgan fingerprint density at radius 2 is 1.65 bits per heavy atom. The Kier molecular flexibility index (Phi) is 6.87. The molecule has 3 unspecified atom stereocenters. The largest absolute Gasteiger partial charge is 0.319 e. The van der Waals surface area contributed by atoms with Crippen molar-refractivity contribution in [3.8, 4) is 0 Å². The lowest BCUT2D eigenvalue weighted by Gasteiger charge is -2.37.